The zero-order valence-electron chi connectivity index (χ0n) is 5.63. The largest absolute Gasteiger partial charge is 0.389 e. The maximum absolute atomic E-state index is 10.1. The Morgan fingerprint density at radius 2 is 2.22 bits per heavy atom. The van der Waals surface area contributed by atoms with Crippen LogP contribution in [0.15, 0.2) is 0 Å². The van der Waals surface area contributed by atoms with Crippen molar-refractivity contribution in [3.63, 3.8) is 0 Å². The minimum Gasteiger partial charge on any atom is -0.389 e. The van der Waals surface area contributed by atoms with Crippen molar-refractivity contribution in [2.24, 2.45) is 0 Å². The van der Waals surface area contributed by atoms with E-state index in [9.17, 15) is 10.1 Å². The molecule has 0 aromatic heterocycles. The summed E-state index contributed by atoms with van der Waals surface area (Å²) in [6, 6.07) is 0. The van der Waals surface area contributed by atoms with Crippen molar-refractivity contribution in [3.05, 3.63) is 10.1 Å². The lowest BCUT2D eigenvalue weighted by Gasteiger charge is -2.14. The SMILES string of the molecule is CC[C@](C)(CO)[N+](=O)[O-]. The summed E-state index contributed by atoms with van der Waals surface area (Å²) < 4.78 is 0. The van der Waals surface area contributed by atoms with E-state index in [1.54, 1.807) is 6.92 Å². The van der Waals surface area contributed by atoms with E-state index in [1.807, 2.05) is 0 Å². The highest BCUT2D eigenvalue weighted by Gasteiger charge is 2.33. The van der Waals surface area contributed by atoms with Gasteiger partial charge in [-0.15, -0.1) is 0 Å². The molecule has 0 aromatic rings. The summed E-state index contributed by atoms with van der Waals surface area (Å²) in [5, 5.41) is 18.6. The maximum Gasteiger partial charge on any atom is 0.241 e. The number of nitrogens with zero attached hydrogens (tertiary/aromatic N) is 1. The molecule has 0 unspecified atom stereocenters. The number of hydrogen-bond acceptors (Lipinski definition) is 3. The number of rotatable bonds is 3. The molecule has 0 rings (SSSR count). The van der Waals surface area contributed by atoms with Crippen LogP contribution in [0.5, 0.6) is 0 Å². The van der Waals surface area contributed by atoms with Gasteiger partial charge in [-0.05, 0) is 0 Å². The van der Waals surface area contributed by atoms with Crippen LogP contribution in [0.3, 0.4) is 0 Å². The van der Waals surface area contributed by atoms with Gasteiger partial charge < -0.3 is 5.11 Å². The molecule has 0 aliphatic rings. The molecule has 0 radical (unpaired) electrons. The van der Waals surface area contributed by atoms with Gasteiger partial charge in [0, 0.05) is 18.3 Å². The summed E-state index contributed by atoms with van der Waals surface area (Å²) in [5.74, 6) is 0. The minimum atomic E-state index is -1.14. The summed E-state index contributed by atoms with van der Waals surface area (Å²) >= 11 is 0. The van der Waals surface area contributed by atoms with Gasteiger partial charge in [0.05, 0.1) is 0 Å². The summed E-state index contributed by atoms with van der Waals surface area (Å²) in [7, 11) is 0. The van der Waals surface area contributed by atoms with Crippen molar-refractivity contribution in [2.75, 3.05) is 6.61 Å². The van der Waals surface area contributed by atoms with Crippen LogP contribution in [-0.2, 0) is 0 Å². The summed E-state index contributed by atoms with van der Waals surface area (Å²) in [6.07, 6.45) is 0.358. The zero-order chi connectivity index (χ0) is 7.49. The van der Waals surface area contributed by atoms with Gasteiger partial charge in [0.2, 0.25) is 5.54 Å². The normalized spacial score (nSPS) is 16.8. The monoisotopic (exact) mass is 133 g/mol. The molecule has 0 aliphatic heterocycles. The summed E-state index contributed by atoms with van der Waals surface area (Å²) in [4.78, 5) is 9.68. The predicted octanol–water partition coefficient (Wildman–Crippen LogP) is 0.424. The molecule has 9 heavy (non-hydrogen) atoms. The van der Waals surface area contributed by atoms with Crippen molar-refractivity contribution >= 4 is 0 Å². The maximum atomic E-state index is 10.1. The fraction of sp³-hybridized carbons (Fsp3) is 1.00. The van der Waals surface area contributed by atoms with Crippen molar-refractivity contribution < 1.29 is 10.0 Å². The van der Waals surface area contributed by atoms with Gasteiger partial charge in [-0.3, -0.25) is 10.1 Å². The summed E-state index contributed by atoms with van der Waals surface area (Å²) in [6.45, 7) is 2.71. The average molecular weight is 133 g/mol. The van der Waals surface area contributed by atoms with E-state index in [4.69, 9.17) is 5.11 Å². The van der Waals surface area contributed by atoms with E-state index in [0.29, 0.717) is 6.42 Å². The van der Waals surface area contributed by atoms with E-state index in [-0.39, 0.29) is 0 Å². The number of hydrogen-bond donors (Lipinski definition) is 1. The Morgan fingerprint density at radius 1 is 1.78 bits per heavy atom. The first-order chi connectivity index (χ1) is 4.06. The number of aliphatic hydroxyl groups is 1. The molecule has 0 aliphatic carbocycles. The molecule has 4 nitrogen and oxygen atoms in total. The van der Waals surface area contributed by atoms with Gasteiger partial charge >= 0.3 is 0 Å². The number of nitro groups is 1. The standard InChI is InChI=1S/C5H11NO3/c1-3-5(2,4-7)6(8)9/h7H,3-4H2,1-2H3/t5-/m1/s1. The van der Waals surface area contributed by atoms with Gasteiger partial charge in [-0.25, -0.2) is 0 Å². The van der Waals surface area contributed by atoms with Crippen LogP contribution in [0.4, 0.5) is 0 Å². The zero-order valence-corrected chi connectivity index (χ0v) is 5.63. The lowest BCUT2D eigenvalue weighted by atomic mass is 10.0. The molecule has 0 fully saturated rings. The van der Waals surface area contributed by atoms with E-state index < -0.39 is 17.1 Å². The molecule has 0 aromatic carbocycles. The first-order valence-corrected chi connectivity index (χ1v) is 2.82. The van der Waals surface area contributed by atoms with Crippen LogP contribution in [0.2, 0.25) is 0 Å². The predicted molar refractivity (Wildman–Crippen MR) is 32.8 cm³/mol. The molecule has 0 heterocycles. The molecular formula is C5H11NO3. The highest BCUT2D eigenvalue weighted by molar-refractivity contribution is 4.68. The molecule has 4 heteroatoms. The van der Waals surface area contributed by atoms with Gasteiger partial charge in [-0.2, -0.15) is 0 Å². The molecule has 0 amide bonds. The number of aliphatic hydroxyl groups excluding tert-OH is 1. The Bertz CT molecular complexity index is 109. The summed E-state index contributed by atoms with van der Waals surface area (Å²) in [5.41, 5.74) is -1.14. The van der Waals surface area contributed by atoms with Crippen LogP contribution >= 0.6 is 0 Å². The molecular weight excluding hydrogens is 122 g/mol. The van der Waals surface area contributed by atoms with E-state index in [0.717, 1.165) is 0 Å². The highest BCUT2D eigenvalue weighted by Crippen LogP contribution is 2.11. The Balaban J connectivity index is 4.09. The van der Waals surface area contributed by atoms with Gasteiger partial charge in [0.15, 0.2) is 0 Å². The topological polar surface area (TPSA) is 63.4 Å². The fourth-order valence-electron chi connectivity index (χ4n) is 0.299. The van der Waals surface area contributed by atoms with Crippen LogP contribution < -0.4 is 0 Å². The quantitative estimate of drug-likeness (QED) is 0.448. The first kappa shape index (κ1) is 8.36. The van der Waals surface area contributed by atoms with Crippen molar-refractivity contribution in [3.8, 4) is 0 Å². The van der Waals surface area contributed by atoms with E-state index in [1.165, 1.54) is 6.92 Å². The lowest BCUT2D eigenvalue weighted by Crippen LogP contribution is -2.37. The lowest BCUT2D eigenvalue weighted by molar-refractivity contribution is -0.569. The van der Waals surface area contributed by atoms with Crippen LogP contribution in [0.25, 0.3) is 0 Å². The second kappa shape index (κ2) is 2.77. The second-order valence-electron chi connectivity index (χ2n) is 2.27. The first-order valence-electron chi connectivity index (χ1n) is 2.82. The van der Waals surface area contributed by atoms with E-state index >= 15 is 0 Å². The minimum absolute atomic E-state index is 0.358. The van der Waals surface area contributed by atoms with Crippen molar-refractivity contribution in [1.29, 1.82) is 0 Å². The Kier molecular flexibility index (Phi) is 2.58. The fourth-order valence-corrected chi connectivity index (χ4v) is 0.299. The van der Waals surface area contributed by atoms with Crippen LogP contribution in [0.1, 0.15) is 20.3 Å². The molecule has 0 spiro atoms. The molecule has 0 bridgehead atoms. The third kappa shape index (κ3) is 1.64. The van der Waals surface area contributed by atoms with Gasteiger partial charge in [0.1, 0.15) is 6.61 Å². The van der Waals surface area contributed by atoms with Gasteiger partial charge in [-0.1, -0.05) is 6.92 Å². The van der Waals surface area contributed by atoms with Crippen molar-refractivity contribution in [1.82, 2.24) is 0 Å². The van der Waals surface area contributed by atoms with E-state index in [2.05, 4.69) is 0 Å². The van der Waals surface area contributed by atoms with Gasteiger partial charge in [0.25, 0.3) is 0 Å². The third-order valence-corrected chi connectivity index (χ3v) is 1.54. The molecule has 0 saturated carbocycles. The molecule has 54 valence electrons. The van der Waals surface area contributed by atoms with Crippen LogP contribution in [-0.4, -0.2) is 22.2 Å². The Hall–Kier alpha value is -0.640. The molecule has 1 N–H and O–H groups in total. The van der Waals surface area contributed by atoms with Crippen molar-refractivity contribution in [2.45, 2.75) is 25.8 Å². The van der Waals surface area contributed by atoms with Crippen LogP contribution in [0, 0.1) is 10.1 Å². The molecule has 1 atom stereocenters. The Morgan fingerprint density at radius 3 is 2.22 bits per heavy atom. The third-order valence-electron chi connectivity index (χ3n) is 1.54. The smallest absolute Gasteiger partial charge is 0.241 e. The highest BCUT2D eigenvalue weighted by atomic mass is 16.6. The molecule has 0 saturated heterocycles. The Labute approximate surface area is 53.6 Å². The second-order valence-corrected chi connectivity index (χ2v) is 2.27. The average Bonchev–Trinajstić information content (AvgIpc) is 1.86.